The summed E-state index contributed by atoms with van der Waals surface area (Å²) in [5.41, 5.74) is 2.16. The van der Waals surface area contributed by atoms with Gasteiger partial charge in [0, 0.05) is 17.9 Å². The van der Waals surface area contributed by atoms with Gasteiger partial charge in [0.25, 0.3) is 0 Å². The van der Waals surface area contributed by atoms with E-state index in [1.807, 2.05) is 13.0 Å². The SMILES string of the molecule is Cc1cc(F)ccc1CNC(CBr)C(C)C. The van der Waals surface area contributed by atoms with Crippen LogP contribution in [0.15, 0.2) is 18.2 Å². The average molecular weight is 288 g/mol. The molecule has 1 atom stereocenters. The molecule has 0 heterocycles. The molecule has 1 aromatic carbocycles. The Morgan fingerprint density at radius 1 is 1.38 bits per heavy atom. The molecule has 0 saturated heterocycles. The Kier molecular flexibility index (Phi) is 5.42. The molecule has 90 valence electrons. The predicted octanol–water partition coefficient (Wildman–Crippen LogP) is 3.64. The van der Waals surface area contributed by atoms with Crippen molar-refractivity contribution in [3.8, 4) is 0 Å². The number of rotatable bonds is 5. The van der Waals surface area contributed by atoms with E-state index in [-0.39, 0.29) is 5.82 Å². The number of nitrogens with one attached hydrogen (secondary N) is 1. The minimum Gasteiger partial charge on any atom is -0.309 e. The summed E-state index contributed by atoms with van der Waals surface area (Å²) in [7, 11) is 0. The van der Waals surface area contributed by atoms with E-state index in [0.717, 1.165) is 23.0 Å². The van der Waals surface area contributed by atoms with Gasteiger partial charge in [0.1, 0.15) is 5.82 Å². The van der Waals surface area contributed by atoms with E-state index in [1.54, 1.807) is 6.07 Å². The van der Waals surface area contributed by atoms with Gasteiger partial charge in [-0.1, -0.05) is 35.8 Å². The maximum Gasteiger partial charge on any atom is 0.123 e. The third kappa shape index (κ3) is 3.87. The Morgan fingerprint density at radius 2 is 2.06 bits per heavy atom. The average Bonchev–Trinajstić information content (AvgIpc) is 2.21. The summed E-state index contributed by atoms with van der Waals surface area (Å²) in [6, 6.07) is 5.39. The van der Waals surface area contributed by atoms with Crippen LogP contribution in [-0.4, -0.2) is 11.4 Å². The molecule has 16 heavy (non-hydrogen) atoms. The summed E-state index contributed by atoms with van der Waals surface area (Å²) in [5, 5.41) is 4.41. The Morgan fingerprint density at radius 3 is 2.56 bits per heavy atom. The summed E-state index contributed by atoms with van der Waals surface area (Å²) in [6.07, 6.45) is 0. The van der Waals surface area contributed by atoms with Crippen LogP contribution in [-0.2, 0) is 6.54 Å². The van der Waals surface area contributed by atoms with E-state index < -0.39 is 0 Å². The van der Waals surface area contributed by atoms with Crippen molar-refractivity contribution >= 4 is 15.9 Å². The van der Waals surface area contributed by atoms with Crippen LogP contribution in [0.1, 0.15) is 25.0 Å². The molecule has 0 aliphatic rings. The standard InChI is InChI=1S/C13H19BrFN/c1-9(2)13(7-14)16-8-11-4-5-12(15)6-10(11)3/h4-6,9,13,16H,7-8H2,1-3H3. The lowest BCUT2D eigenvalue weighted by atomic mass is 10.0. The van der Waals surface area contributed by atoms with E-state index in [4.69, 9.17) is 0 Å². The molecule has 1 nitrogen and oxygen atoms in total. The molecular weight excluding hydrogens is 269 g/mol. The molecule has 0 aromatic heterocycles. The fraction of sp³-hybridized carbons (Fsp3) is 0.538. The summed E-state index contributed by atoms with van der Waals surface area (Å²) in [6.45, 7) is 7.12. The van der Waals surface area contributed by atoms with E-state index in [2.05, 4.69) is 35.1 Å². The fourth-order valence-electron chi connectivity index (χ4n) is 1.57. The summed E-state index contributed by atoms with van der Waals surface area (Å²) < 4.78 is 12.9. The van der Waals surface area contributed by atoms with Crippen molar-refractivity contribution in [3.63, 3.8) is 0 Å². The number of alkyl halides is 1. The quantitative estimate of drug-likeness (QED) is 0.816. The highest BCUT2D eigenvalue weighted by molar-refractivity contribution is 9.09. The molecule has 0 saturated carbocycles. The first-order valence-electron chi connectivity index (χ1n) is 5.59. The van der Waals surface area contributed by atoms with Gasteiger partial charge in [0.2, 0.25) is 0 Å². The zero-order valence-electron chi connectivity index (χ0n) is 10.1. The van der Waals surface area contributed by atoms with Gasteiger partial charge in [-0.15, -0.1) is 0 Å². The topological polar surface area (TPSA) is 12.0 Å². The molecule has 0 spiro atoms. The van der Waals surface area contributed by atoms with Crippen LogP contribution in [0.3, 0.4) is 0 Å². The van der Waals surface area contributed by atoms with Crippen LogP contribution >= 0.6 is 15.9 Å². The van der Waals surface area contributed by atoms with Crippen molar-refractivity contribution in [1.29, 1.82) is 0 Å². The molecule has 1 N–H and O–H groups in total. The number of halogens is 2. The van der Waals surface area contributed by atoms with E-state index in [1.165, 1.54) is 6.07 Å². The lowest BCUT2D eigenvalue weighted by Gasteiger charge is -2.20. The third-order valence-corrected chi connectivity index (χ3v) is 3.53. The molecule has 0 radical (unpaired) electrons. The van der Waals surface area contributed by atoms with Crippen LogP contribution < -0.4 is 5.32 Å². The van der Waals surface area contributed by atoms with Gasteiger partial charge < -0.3 is 5.32 Å². The predicted molar refractivity (Wildman–Crippen MR) is 70.4 cm³/mol. The highest BCUT2D eigenvalue weighted by Gasteiger charge is 2.11. The maximum atomic E-state index is 12.9. The Balaban J connectivity index is 2.60. The van der Waals surface area contributed by atoms with Crippen LogP contribution in [0.2, 0.25) is 0 Å². The van der Waals surface area contributed by atoms with Crippen molar-refractivity contribution in [2.45, 2.75) is 33.4 Å². The monoisotopic (exact) mass is 287 g/mol. The molecule has 1 aromatic rings. The first-order valence-corrected chi connectivity index (χ1v) is 6.71. The molecule has 0 aliphatic heterocycles. The van der Waals surface area contributed by atoms with Crippen molar-refractivity contribution in [3.05, 3.63) is 35.1 Å². The molecule has 0 amide bonds. The maximum absolute atomic E-state index is 12.9. The first kappa shape index (κ1) is 13.7. The largest absolute Gasteiger partial charge is 0.309 e. The van der Waals surface area contributed by atoms with Crippen LogP contribution in [0.25, 0.3) is 0 Å². The van der Waals surface area contributed by atoms with Gasteiger partial charge in [0.05, 0.1) is 0 Å². The third-order valence-electron chi connectivity index (χ3n) is 2.83. The van der Waals surface area contributed by atoms with Crippen LogP contribution in [0.5, 0.6) is 0 Å². The lowest BCUT2D eigenvalue weighted by Crippen LogP contribution is -2.34. The number of benzene rings is 1. The summed E-state index contributed by atoms with van der Waals surface area (Å²) in [4.78, 5) is 0. The van der Waals surface area contributed by atoms with E-state index >= 15 is 0 Å². The second kappa shape index (κ2) is 6.36. The van der Waals surface area contributed by atoms with Gasteiger partial charge in [-0.2, -0.15) is 0 Å². The summed E-state index contributed by atoms with van der Waals surface area (Å²) >= 11 is 3.50. The van der Waals surface area contributed by atoms with Gasteiger partial charge in [-0.3, -0.25) is 0 Å². The van der Waals surface area contributed by atoms with Crippen molar-refractivity contribution in [2.75, 3.05) is 5.33 Å². The van der Waals surface area contributed by atoms with E-state index in [0.29, 0.717) is 12.0 Å². The highest BCUT2D eigenvalue weighted by atomic mass is 79.9. The Bertz CT molecular complexity index is 339. The fourth-order valence-corrected chi connectivity index (χ4v) is 2.54. The van der Waals surface area contributed by atoms with Gasteiger partial charge in [0.15, 0.2) is 0 Å². The van der Waals surface area contributed by atoms with Crippen molar-refractivity contribution < 1.29 is 4.39 Å². The smallest absolute Gasteiger partial charge is 0.123 e. The zero-order chi connectivity index (χ0) is 12.1. The first-order chi connectivity index (χ1) is 7.54. The minimum absolute atomic E-state index is 0.165. The Labute approximate surface area is 106 Å². The van der Waals surface area contributed by atoms with Crippen molar-refractivity contribution in [1.82, 2.24) is 5.32 Å². The van der Waals surface area contributed by atoms with Gasteiger partial charge in [-0.25, -0.2) is 4.39 Å². The molecule has 1 rings (SSSR count). The molecule has 3 heteroatoms. The molecule has 0 fully saturated rings. The molecule has 0 aliphatic carbocycles. The minimum atomic E-state index is -0.165. The number of hydrogen-bond donors (Lipinski definition) is 1. The number of aryl methyl sites for hydroxylation is 1. The normalized spacial score (nSPS) is 13.1. The second-order valence-electron chi connectivity index (χ2n) is 4.46. The van der Waals surface area contributed by atoms with Gasteiger partial charge in [-0.05, 0) is 36.1 Å². The van der Waals surface area contributed by atoms with Gasteiger partial charge >= 0.3 is 0 Å². The van der Waals surface area contributed by atoms with Crippen molar-refractivity contribution in [2.24, 2.45) is 5.92 Å². The highest BCUT2D eigenvalue weighted by Crippen LogP contribution is 2.11. The number of hydrogen-bond acceptors (Lipinski definition) is 1. The summed E-state index contributed by atoms with van der Waals surface area (Å²) in [5.74, 6) is 0.419. The van der Waals surface area contributed by atoms with Crippen LogP contribution in [0, 0.1) is 18.7 Å². The second-order valence-corrected chi connectivity index (χ2v) is 5.10. The van der Waals surface area contributed by atoms with Crippen LogP contribution in [0.4, 0.5) is 4.39 Å². The molecule has 1 unspecified atom stereocenters. The zero-order valence-corrected chi connectivity index (χ0v) is 11.6. The lowest BCUT2D eigenvalue weighted by molar-refractivity contribution is 0.433. The Hall–Kier alpha value is -0.410. The molecule has 0 bridgehead atoms. The van der Waals surface area contributed by atoms with E-state index in [9.17, 15) is 4.39 Å². The molecular formula is C13H19BrFN.